The highest BCUT2D eigenvalue weighted by atomic mass is 16.3. The van der Waals surface area contributed by atoms with Gasteiger partial charge in [-0.2, -0.15) is 0 Å². The average molecular weight is 369 g/mol. The molecule has 0 unspecified atom stereocenters. The summed E-state index contributed by atoms with van der Waals surface area (Å²) in [5.41, 5.74) is 11.7. The lowest BCUT2D eigenvalue weighted by atomic mass is 9.88. The highest BCUT2D eigenvalue weighted by molar-refractivity contribution is 5.98. The Labute approximate surface area is 165 Å². The van der Waals surface area contributed by atoms with Crippen LogP contribution in [0.2, 0.25) is 0 Å². The lowest BCUT2D eigenvalue weighted by molar-refractivity contribution is -0.113. The van der Waals surface area contributed by atoms with Crippen LogP contribution in [0.15, 0.2) is 84.9 Å². The number of allylic oxidation sites excluding steroid dienone is 1. The van der Waals surface area contributed by atoms with Crippen molar-refractivity contribution in [3.05, 3.63) is 107 Å². The van der Waals surface area contributed by atoms with Crippen LogP contribution in [0.4, 0.5) is 0 Å². The van der Waals surface area contributed by atoms with Crippen LogP contribution in [0.5, 0.6) is 5.75 Å². The first-order valence-electron chi connectivity index (χ1n) is 9.24. The van der Waals surface area contributed by atoms with Crippen LogP contribution >= 0.6 is 0 Å². The van der Waals surface area contributed by atoms with E-state index < -0.39 is 5.91 Å². The molecular formula is C25H23NO2. The molecule has 3 nitrogen and oxygen atoms in total. The van der Waals surface area contributed by atoms with Gasteiger partial charge in [-0.1, -0.05) is 73.7 Å². The molecular weight excluding hydrogens is 346 g/mol. The fourth-order valence-electron chi connectivity index (χ4n) is 3.25. The summed E-state index contributed by atoms with van der Waals surface area (Å²) >= 11 is 0. The molecule has 0 saturated heterocycles. The molecule has 3 aromatic carbocycles. The van der Waals surface area contributed by atoms with Crippen molar-refractivity contribution in [2.75, 3.05) is 0 Å². The Hall–Kier alpha value is -3.59. The quantitative estimate of drug-likeness (QED) is 0.460. The van der Waals surface area contributed by atoms with Crippen molar-refractivity contribution in [3.8, 4) is 5.75 Å². The van der Waals surface area contributed by atoms with E-state index in [2.05, 4.69) is 19.1 Å². The minimum absolute atomic E-state index is 0.243. The van der Waals surface area contributed by atoms with Gasteiger partial charge in [-0.15, -0.1) is 0 Å². The third-order valence-corrected chi connectivity index (χ3v) is 4.57. The van der Waals surface area contributed by atoms with Crippen molar-refractivity contribution in [1.29, 1.82) is 0 Å². The van der Waals surface area contributed by atoms with Crippen molar-refractivity contribution in [1.82, 2.24) is 0 Å². The lowest BCUT2D eigenvalue weighted by Crippen LogP contribution is -2.05. The third-order valence-electron chi connectivity index (χ3n) is 4.57. The number of hydrogen-bond acceptors (Lipinski definition) is 2. The molecule has 1 amide bonds. The van der Waals surface area contributed by atoms with Crippen molar-refractivity contribution in [2.24, 2.45) is 5.73 Å². The van der Waals surface area contributed by atoms with Crippen LogP contribution < -0.4 is 5.73 Å². The van der Waals surface area contributed by atoms with E-state index in [4.69, 9.17) is 5.73 Å². The molecule has 0 heterocycles. The number of nitrogens with two attached hydrogens (primary N) is 1. The maximum atomic E-state index is 11.0. The van der Waals surface area contributed by atoms with E-state index in [1.54, 1.807) is 18.2 Å². The first kappa shape index (κ1) is 19.2. The molecule has 0 radical (unpaired) electrons. The van der Waals surface area contributed by atoms with E-state index in [9.17, 15) is 9.90 Å². The number of aromatic hydroxyl groups is 1. The van der Waals surface area contributed by atoms with Gasteiger partial charge in [0.05, 0.1) is 0 Å². The summed E-state index contributed by atoms with van der Waals surface area (Å²) in [4.78, 5) is 11.0. The molecule has 3 rings (SSSR count). The molecule has 28 heavy (non-hydrogen) atoms. The number of phenolic OH excluding ortho intramolecular Hbond substituents is 1. The SMILES string of the molecule is CC/C(=C(\c1ccc(O)cc1)c1ccc(/C=C/C(N)=O)cc1)c1ccccc1. The molecule has 0 aliphatic heterocycles. The molecule has 3 heteroatoms. The van der Waals surface area contributed by atoms with Crippen molar-refractivity contribution in [2.45, 2.75) is 13.3 Å². The average Bonchev–Trinajstić information content (AvgIpc) is 2.72. The Morgan fingerprint density at radius 3 is 1.96 bits per heavy atom. The molecule has 3 N–H and O–H groups in total. The molecule has 0 bridgehead atoms. The molecule has 0 spiro atoms. The summed E-state index contributed by atoms with van der Waals surface area (Å²) in [6, 6.07) is 25.6. The lowest BCUT2D eigenvalue weighted by Gasteiger charge is -2.16. The van der Waals surface area contributed by atoms with Crippen LogP contribution in [0, 0.1) is 0 Å². The number of primary amides is 1. The van der Waals surface area contributed by atoms with Gasteiger partial charge in [0.2, 0.25) is 5.91 Å². The van der Waals surface area contributed by atoms with Gasteiger partial charge in [0, 0.05) is 6.08 Å². The third kappa shape index (κ3) is 4.57. The van der Waals surface area contributed by atoms with E-state index in [0.29, 0.717) is 0 Å². The van der Waals surface area contributed by atoms with Gasteiger partial charge < -0.3 is 10.8 Å². The van der Waals surface area contributed by atoms with Gasteiger partial charge in [0.15, 0.2) is 0 Å². The van der Waals surface area contributed by atoms with Crippen LogP contribution in [0.1, 0.15) is 35.6 Å². The van der Waals surface area contributed by atoms with Crippen molar-refractivity contribution >= 4 is 23.1 Å². The Balaban J connectivity index is 2.15. The number of benzene rings is 3. The van der Waals surface area contributed by atoms with Crippen LogP contribution in [-0.2, 0) is 4.79 Å². The minimum atomic E-state index is -0.467. The van der Waals surface area contributed by atoms with Gasteiger partial charge in [-0.3, -0.25) is 4.79 Å². The fraction of sp³-hybridized carbons (Fsp3) is 0.0800. The highest BCUT2D eigenvalue weighted by Gasteiger charge is 2.13. The first-order chi connectivity index (χ1) is 13.6. The van der Waals surface area contributed by atoms with E-state index >= 15 is 0 Å². The van der Waals surface area contributed by atoms with Crippen LogP contribution in [0.3, 0.4) is 0 Å². The summed E-state index contributed by atoms with van der Waals surface area (Å²) in [7, 11) is 0. The van der Waals surface area contributed by atoms with E-state index in [0.717, 1.165) is 28.7 Å². The number of carbonyl (C=O) groups is 1. The second-order valence-corrected chi connectivity index (χ2v) is 6.48. The van der Waals surface area contributed by atoms with Crippen molar-refractivity contribution < 1.29 is 9.90 Å². The zero-order valence-electron chi connectivity index (χ0n) is 15.8. The smallest absolute Gasteiger partial charge is 0.241 e. The van der Waals surface area contributed by atoms with Gasteiger partial charge in [-0.05, 0) is 58.0 Å². The maximum Gasteiger partial charge on any atom is 0.241 e. The molecule has 0 atom stereocenters. The van der Waals surface area contributed by atoms with E-state index in [-0.39, 0.29) is 5.75 Å². The van der Waals surface area contributed by atoms with Crippen LogP contribution in [-0.4, -0.2) is 11.0 Å². The Morgan fingerprint density at radius 1 is 0.857 bits per heavy atom. The minimum Gasteiger partial charge on any atom is -0.508 e. The molecule has 0 aliphatic carbocycles. The number of carbonyl (C=O) groups excluding carboxylic acids is 1. The number of rotatable bonds is 6. The Morgan fingerprint density at radius 2 is 1.43 bits per heavy atom. The second-order valence-electron chi connectivity index (χ2n) is 6.48. The highest BCUT2D eigenvalue weighted by Crippen LogP contribution is 2.35. The maximum absolute atomic E-state index is 11.0. The molecule has 0 aliphatic rings. The van der Waals surface area contributed by atoms with Crippen molar-refractivity contribution in [3.63, 3.8) is 0 Å². The molecule has 3 aromatic rings. The molecule has 0 fully saturated rings. The molecule has 0 saturated carbocycles. The predicted octanol–water partition coefficient (Wildman–Crippen LogP) is 5.26. The van der Waals surface area contributed by atoms with E-state index in [1.807, 2.05) is 54.6 Å². The number of amides is 1. The summed E-state index contributed by atoms with van der Waals surface area (Å²) in [6.07, 6.45) is 3.92. The van der Waals surface area contributed by atoms with Gasteiger partial charge in [-0.25, -0.2) is 0 Å². The summed E-state index contributed by atoms with van der Waals surface area (Å²) in [5, 5.41) is 9.70. The van der Waals surface area contributed by atoms with Crippen LogP contribution in [0.25, 0.3) is 17.2 Å². The van der Waals surface area contributed by atoms with E-state index in [1.165, 1.54) is 17.2 Å². The number of hydrogen-bond donors (Lipinski definition) is 2. The molecule has 140 valence electrons. The number of phenols is 1. The standard InChI is InChI=1S/C25H23NO2/c1-2-23(19-6-4-3-5-7-19)25(21-13-15-22(27)16-14-21)20-11-8-18(9-12-20)10-17-24(26)28/h3-17,27H,2H2,1H3,(H2,26,28)/b17-10+,25-23+. The Kier molecular flexibility index (Phi) is 6.07. The fourth-order valence-corrected chi connectivity index (χ4v) is 3.25. The summed E-state index contributed by atoms with van der Waals surface area (Å²) < 4.78 is 0. The zero-order valence-corrected chi connectivity index (χ0v) is 15.8. The normalized spacial score (nSPS) is 12.0. The van der Waals surface area contributed by atoms with Gasteiger partial charge >= 0.3 is 0 Å². The van der Waals surface area contributed by atoms with Gasteiger partial charge in [0.1, 0.15) is 5.75 Å². The monoisotopic (exact) mass is 369 g/mol. The topological polar surface area (TPSA) is 63.3 Å². The summed E-state index contributed by atoms with van der Waals surface area (Å²) in [6.45, 7) is 2.15. The predicted molar refractivity (Wildman–Crippen MR) is 115 cm³/mol. The largest absolute Gasteiger partial charge is 0.508 e. The zero-order chi connectivity index (χ0) is 19.9. The summed E-state index contributed by atoms with van der Waals surface area (Å²) in [5.74, 6) is -0.223. The second kappa shape index (κ2) is 8.87. The molecule has 0 aromatic heterocycles. The Bertz CT molecular complexity index is 999. The first-order valence-corrected chi connectivity index (χ1v) is 9.24. The van der Waals surface area contributed by atoms with Gasteiger partial charge in [0.25, 0.3) is 0 Å².